The lowest BCUT2D eigenvalue weighted by Crippen LogP contribution is -1.96. The third kappa shape index (κ3) is 2.33. The van der Waals surface area contributed by atoms with Gasteiger partial charge in [-0.25, -0.2) is 0 Å². The lowest BCUT2D eigenvalue weighted by atomic mass is 10.1. The number of nitrogens with one attached hydrogen (secondary N) is 1. The van der Waals surface area contributed by atoms with Gasteiger partial charge >= 0.3 is 0 Å². The van der Waals surface area contributed by atoms with E-state index in [1.165, 1.54) is 0 Å². The highest BCUT2D eigenvalue weighted by atomic mass is 32.1. The summed E-state index contributed by atoms with van der Waals surface area (Å²) in [5.74, 6) is 0. The minimum Gasteiger partial charge on any atom is -0.398 e. The molecule has 0 bridgehead atoms. The molecule has 2 rings (SSSR count). The second kappa shape index (κ2) is 4.69. The summed E-state index contributed by atoms with van der Waals surface area (Å²) in [7, 11) is 0. The van der Waals surface area contributed by atoms with Gasteiger partial charge in [-0.1, -0.05) is 0 Å². The van der Waals surface area contributed by atoms with Crippen molar-refractivity contribution in [1.82, 2.24) is 0 Å². The second-order valence-corrected chi connectivity index (χ2v) is 4.17. The molecule has 0 aliphatic rings. The Bertz CT molecular complexity index is 512. The van der Waals surface area contributed by atoms with E-state index < -0.39 is 0 Å². The van der Waals surface area contributed by atoms with Gasteiger partial charge in [-0.15, -0.1) is 0 Å². The van der Waals surface area contributed by atoms with Gasteiger partial charge in [0.1, 0.15) is 0 Å². The average molecular weight is 229 g/mol. The van der Waals surface area contributed by atoms with Crippen LogP contribution in [0, 0.1) is 11.3 Å². The van der Waals surface area contributed by atoms with E-state index in [0.29, 0.717) is 12.1 Å². The molecule has 0 fully saturated rings. The average Bonchev–Trinajstić information content (AvgIpc) is 2.76. The molecular weight excluding hydrogens is 218 g/mol. The van der Waals surface area contributed by atoms with Gasteiger partial charge in [-0.05, 0) is 35.2 Å². The van der Waals surface area contributed by atoms with Gasteiger partial charge in [0.25, 0.3) is 0 Å². The van der Waals surface area contributed by atoms with Crippen LogP contribution in [0.1, 0.15) is 5.56 Å². The Morgan fingerprint density at radius 1 is 1.31 bits per heavy atom. The summed E-state index contributed by atoms with van der Waals surface area (Å²) in [5, 5.41) is 16.0. The van der Waals surface area contributed by atoms with Crippen LogP contribution in [-0.2, 0) is 6.42 Å². The fourth-order valence-electron chi connectivity index (χ4n) is 1.42. The van der Waals surface area contributed by atoms with E-state index in [1.54, 1.807) is 11.3 Å². The van der Waals surface area contributed by atoms with Crippen molar-refractivity contribution < 1.29 is 0 Å². The lowest BCUT2D eigenvalue weighted by Gasteiger charge is -2.07. The number of benzene rings is 1. The highest BCUT2D eigenvalue weighted by molar-refractivity contribution is 7.08. The Labute approximate surface area is 98.1 Å². The second-order valence-electron chi connectivity index (χ2n) is 3.39. The third-order valence-corrected chi connectivity index (χ3v) is 2.91. The number of thiophene rings is 1. The van der Waals surface area contributed by atoms with Crippen LogP contribution in [0.15, 0.2) is 35.0 Å². The number of hydrogen-bond donors (Lipinski definition) is 2. The number of nitrogen functional groups attached to an aromatic ring is 1. The van der Waals surface area contributed by atoms with Gasteiger partial charge in [0.05, 0.1) is 12.5 Å². The van der Waals surface area contributed by atoms with Crippen molar-refractivity contribution in [2.75, 3.05) is 11.1 Å². The number of rotatable bonds is 3. The van der Waals surface area contributed by atoms with Crippen molar-refractivity contribution in [2.24, 2.45) is 0 Å². The first-order valence-corrected chi connectivity index (χ1v) is 5.78. The minimum absolute atomic E-state index is 0.338. The molecule has 2 aromatic rings. The standard InChI is InChI=1S/C12H11N3S/c13-5-3-9-7-10(1-2-12(9)14)15-11-4-6-16-8-11/h1-2,4,6-8,15H,3,14H2. The fraction of sp³-hybridized carbons (Fsp3) is 0.0833. The number of nitriles is 1. The van der Waals surface area contributed by atoms with E-state index in [2.05, 4.69) is 11.4 Å². The van der Waals surface area contributed by atoms with Crippen LogP contribution in [0.5, 0.6) is 0 Å². The third-order valence-electron chi connectivity index (χ3n) is 2.22. The molecular formula is C12H11N3S. The summed E-state index contributed by atoms with van der Waals surface area (Å²) < 4.78 is 0. The molecule has 0 atom stereocenters. The molecule has 4 heteroatoms. The minimum atomic E-state index is 0.338. The van der Waals surface area contributed by atoms with Gasteiger partial charge < -0.3 is 11.1 Å². The molecule has 0 aliphatic carbocycles. The fourth-order valence-corrected chi connectivity index (χ4v) is 2.01. The Morgan fingerprint density at radius 3 is 2.88 bits per heavy atom. The monoisotopic (exact) mass is 229 g/mol. The van der Waals surface area contributed by atoms with Gasteiger partial charge in [0, 0.05) is 22.4 Å². The maximum absolute atomic E-state index is 8.67. The first-order valence-electron chi connectivity index (χ1n) is 4.84. The Balaban J connectivity index is 2.23. The first-order chi connectivity index (χ1) is 7.79. The summed E-state index contributed by atoms with van der Waals surface area (Å²) in [6.45, 7) is 0. The molecule has 1 aromatic heterocycles. The predicted molar refractivity (Wildman–Crippen MR) is 67.8 cm³/mol. The number of hydrogen-bond acceptors (Lipinski definition) is 4. The van der Waals surface area contributed by atoms with E-state index >= 15 is 0 Å². The van der Waals surface area contributed by atoms with E-state index in [-0.39, 0.29) is 0 Å². The molecule has 0 saturated heterocycles. The van der Waals surface area contributed by atoms with Gasteiger partial charge in [0.15, 0.2) is 0 Å². The molecule has 1 aromatic carbocycles. The molecule has 16 heavy (non-hydrogen) atoms. The number of nitrogens with zero attached hydrogens (tertiary/aromatic N) is 1. The Kier molecular flexibility index (Phi) is 3.08. The summed E-state index contributed by atoms with van der Waals surface area (Å²) >= 11 is 1.64. The molecule has 0 unspecified atom stereocenters. The molecule has 80 valence electrons. The number of anilines is 3. The van der Waals surface area contributed by atoms with Gasteiger partial charge in [-0.2, -0.15) is 16.6 Å². The topological polar surface area (TPSA) is 61.8 Å². The van der Waals surface area contributed by atoms with Crippen molar-refractivity contribution in [1.29, 1.82) is 5.26 Å². The van der Waals surface area contributed by atoms with E-state index in [0.717, 1.165) is 16.9 Å². The summed E-state index contributed by atoms with van der Waals surface area (Å²) in [6.07, 6.45) is 0.338. The van der Waals surface area contributed by atoms with Crippen LogP contribution in [-0.4, -0.2) is 0 Å². The largest absolute Gasteiger partial charge is 0.398 e. The number of nitrogens with two attached hydrogens (primary N) is 1. The van der Waals surface area contributed by atoms with Crippen LogP contribution in [0.3, 0.4) is 0 Å². The first kappa shape index (κ1) is 10.5. The zero-order chi connectivity index (χ0) is 11.4. The summed E-state index contributed by atoms with van der Waals surface area (Å²) in [4.78, 5) is 0. The normalized spacial score (nSPS) is 9.69. The molecule has 3 nitrogen and oxygen atoms in total. The van der Waals surface area contributed by atoms with Crippen LogP contribution in [0.2, 0.25) is 0 Å². The van der Waals surface area contributed by atoms with E-state index in [9.17, 15) is 0 Å². The predicted octanol–water partition coefficient (Wildman–Crippen LogP) is 3.14. The zero-order valence-corrected chi connectivity index (χ0v) is 9.42. The lowest BCUT2D eigenvalue weighted by molar-refractivity contribution is 1.27. The van der Waals surface area contributed by atoms with Crippen LogP contribution >= 0.6 is 11.3 Å². The van der Waals surface area contributed by atoms with Crippen molar-refractivity contribution in [3.8, 4) is 6.07 Å². The SMILES string of the molecule is N#CCc1cc(Nc2ccsc2)ccc1N. The smallest absolute Gasteiger partial charge is 0.0670 e. The molecule has 1 heterocycles. The molecule has 0 radical (unpaired) electrons. The molecule has 0 amide bonds. The summed E-state index contributed by atoms with van der Waals surface area (Å²) in [5.41, 5.74) is 9.31. The highest BCUT2D eigenvalue weighted by Crippen LogP contribution is 2.23. The highest BCUT2D eigenvalue weighted by Gasteiger charge is 2.01. The van der Waals surface area contributed by atoms with Crippen LogP contribution < -0.4 is 11.1 Å². The zero-order valence-electron chi connectivity index (χ0n) is 8.60. The molecule has 0 spiro atoms. The molecule has 0 aliphatic heterocycles. The van der Waals surface area contributed by atoms with Crippen LogP contribution in [0.25, 0.3) is 0 Å². The van der Waals surface area contributed by atoms with Crippen molar-refractivity contribution in [3.63, 3.8) is 0 Å². The molecule has 0 saturated carbocycles. The maximum Gasteiger partial charge on any atom is 0.0670 e. The molecule has 3 N–H and O–H groups in total. The maximum atomic E-state index is 8.67. The summed E-state index contributed by atoms with van der Waals surface area (Å²) in [6, 6.07) is 9.75. The van der Waals surface area contributed by atoms with Crippen LogP contribution in [0.4, 0.5) is 17.1 Å². The van der Waals surface area contributed by atoms with Gasteiger partial charge in [0.2, 0.25) is 0 Å². The Morgan fingerprint density at radius 2 is 2.19 bits per heavy atom. The Hall–Kier alpha value is -1.99. The van der Waals surface area contributed by atoms with Crippen molar-refractivity contribution >= 4 is 28.4 Å². The van der Waals surface area contributed by atoms with E-state index in [4.69, 9.17) is 11.0 Å². The van der Waals surface area contributed by atoms with Crippen molar-refractivity contribution in [3.05, 3.63) is 40.6 Å². The van der Waals surface area contributed by atoms with Gasteiger partial charge in [-0.3, -0.25) is 0 Å². The van der Waals surface area contributed by atoms with E-state index in [1.807, 2.05) is 35.0 Å². The quantitative estimate of drug-likeness (QED) is 0.795. The van der Waals surface area contributed by atoms with Crippen molar-refractivity contribution in [2.45, 2.75) is 6.42 Å².